The summed E-state index contributed by atoms with van der Waals surface area (Å²) in [6.07, 6.45) is 0.825. The molecule has 150 valence electrons. The number of urea groups is 1. The largest absolute Gasteiger partial charge is 0.355 e. The molecule has 6 nitrogen and oxygen atoms in total. The van der Waals surface area contributed by atoms with E-state index < -0.39 is 6.03 Å². The number of amides is 3. The highest BCUT2D eigenvalue weighted by Crippen LogP contribution is 2.03. The van der Waals surface area contributed by atoms with Crippen LogP contribution >= 0.6 is 0 Å². The molecule has 2 aromatic rings. The Hall–Kier alpha value is -2.93. The molecule has 0 bridgehead atoms. The lowest BCUT2D eigenvalue weighted by atomic mass is 10.2. The lowest BCUT2D eigenvalue weighted by Crippen LogP contribution is -2.42. The minimum Gasteiger partial charge on any atom is -0.355 e. The van der Waals surface area contributed by atoms with Crippen molar-refractivity contribution in [1.29, 1.82) is 0 Å². The van der Waals surface area contributed by atoms with Crippen LogP contribution in [0.4, 0.5) is 9.18 Å². The third-order valence-corrected chi connectivity index (χ3v) is 4.11. The monoisotopic (exact) mass is 386 g/mol. The average Bonchev–Trinajstić information content (AvgIpc) is 2.70. The normalized spacial score (nSPS) is 10.5. The summed E-state index contributed by atoms with van der Waals surface area (Å²) in [6, 6.07) is 15.6. The fourth-order valence-corrected chi connectivity index (χ4v) is 2.62. The lowest BCUT2D eigenvalue weighted by Gasteiger charge is -2.16. The second kappa shape index (κ2) is 11.7. The highest BCUT2D eigenvalue weighted by atomic mass is 19.1. The first-order valence-electron chi connectivity index (χ1n) is 9.28. The van der Waals surface area contributed by atoms with Crippen molar-refractivity contribution < 1.29 is 14.0 Å². The van der Waals surface area contributed by atoms with Crippen LogP contribution in [-0.4, -0.2) is 43.5 Å². The van der Waals surface area contributed by atoms with Crippen LogP contribution in [0, 0.1) is 5.82 Å². The molecule has 0 atom stereocenters. The molecule has 0 aliphatic carbocycles. The summed E-state index contributed by atoms with van der Waals surface area (Å²) in [5.74, 6) is -0.557. The van der Waals surface area contributed by atoms with E-state index in [0.717, 1.165) is 25.1 Å². The van der Waals surface area contributed by atoms with E-state index >= 15 is 0 Å². The Kier molecular flexibility index (Phi) is 8.94. The summed E-state index contributed by atoms with van der Waals surface area (Å²) in [6.45, 7) is 2.46. The first-order chi connectivity index (χ1) is 13.5. The van der Waals surface area contributed by atoms with Gasteiger partial charge in [0.15, 0.2) is 0 Å². The van der Waals surface area contributed by atoms with Crippen LogP contribution in [0.2, 0.25) is 0 Å². The predicted octanol–water partition coefficient (Wildman–Crippen LogP) is 2.26. The van der Waals surface area contributed by atoms with Gasteiger partial charge in [0.2, 0.25) is 5.91 Å². The van der Waals surface area contributed by atoms with Gasteiger partial charge in [0.25, 0.3) is 0 Å². The van der Waals surface area contributed by atoms with Crippen molar-refractivity contribution in [2.24, 2.45) is 0 Å². The third kappa shape index (κ3) is 8.64. The fraction of sp³-hybridized carbons (Fsp3) is 0.333. The van der Waals surface area contributed by atoms with Crippen LogP contribution in [0.25, 0.3) is 0 Å². The maximum Gasteiger partial charge on any atom is 0.315 e. The lowest BCUT2D eigenvalue weighted by molar-refractivity contribution is -0.120. The zero-order valence-electron chi connectivity index (χ0n) is 16.1. The van der Waals surface area contributed by atoms with E-state index in [9.17, 15) is 14.0 Å². The second-order valence-corrected chi connectivity index (χ2v) is 6.59. The average molecular weight is 386 g/mol. The van der Waals surface area contributed by atoms with Crippen LogP contribution in [0.5, 0.6) is 0 Å². The Balaban J connectivity index is 1.52. The minimum atomic E-state index is -0.443. The number of halogens is 1. The molecular weight excluding hydrogens is 359 g/mol. The van der Waals surface area contributed by atoms with E-state index in [0.29, 0.717) is 6.54 Å². The van der Waals surface area contributed by atoms with Gasteiger partial charge in [-0.25, -0.2) is 9.18 Å². The van der Waals surface area contributed by atoms with Gasteiger partial charge in [-0.05, 0) is 43.3 Å². The van der Waals surface area contributed by atoms with E-state index in [-0.39, 0.29) is 24.8 Å². The molecule has 3 amide bonds. The number of nitrogens with one attached hydrogen (secondary N) is 3. The molecule has 2 rings (SSSR count). The van der Waals surface area contributed by atoms with Gasteiger partial charge >= 0.3 is 6.03 Å². The number of hydrogen-bond donors (Lipinski definition) is 3. The van der Waals surface area contributed by atoms with Crippen LogP contribution in [0.1, 0.15) is 17.5 Å². The Morgan fingerprint density at radius 3 is 2.36 bits per heavy atom. The number of hydrogen-bond acceptors (Lipinski definition) is 3. The number of rotatable bonds is 10. The van der Waals surface area contributed by atoms with E-state index in [1.54, 1.807) is 12.1 Å². The standard InChI is InChI=1S/C21H27FN4O2/c1-26(16-18-6-3-2-4-7-18)13-5-12-23-20(27)15-25-21(28)24-14-17-8-10-19(22)11-9-17/h2-4,6-11H,5,12-16H2,1H3,(H,23,27)(H2,24,25,28). The maximum absolute atomic E-state index is 12.8. The Morgan fingerprint density at radius 1 is 0.929 bits per heavy atom. The summed E-state index contributed by atoms with van der Waals surface area (Å²) in [5.41, 5.74) is 2.03. The molecule has 0 heterocycles. The van der Waals surface area contributed by atoms with Gasteiger partial charge in [0.05, 0.1) is 6.54 Å². The number of nitrogens with zero attached hydrogens (tertiary/aromatic N) is 1. The predicted molar refractivity (Wildman–Crippen MR) is 107 cm³/mol. The number of carbonyl (C=O) groups excluding carboxylic acids is 2. The smallest absolute Gasteiger partial charge is 0.315 e. The molecule has 0 aromatic heterocycles. The van der Waals surface area contributed by atoms with E-state index in [2.05, 4.69) is 33.0 Å². The Morgan fingerprint density at radius 2 is 1.64 bits per heavy atom. The van der Waals surface area contributed by atoms with Crippen LogP contribution < -0.4 is 16.0 Å². The molecular formula is C21H27FN4O2. The highest BCUT2D eigenvalue weighted by Gasteiger charge is 2.05. The molecule has 0 aliphatic heterocycles. The van der Waals surface area contributed by atoms with Crippen molar-refractivity contribution >= 4 is 11.9 Å². The van der Waals surface area contributed by atoms with E-state index in [1.165, 1.54) is 17.7 Å². The van der Waals surface area contributed by atoms with Crippen molar-refractivity contribution in [1.82, 2.24) is 20.9 Å². The third-order valence-electron chi connectivity index (χ3n) is 4.11. The quantitative estimate of drug-likeness (QED) is 0.549. The summed E-state index contributed by atoms with van der Waals surface area (Å²) in [4.78, 5) is 25.7. The molecule has 0 saturated carbocycles. The topological polar surface area (TPSA) is 73.5 Å². The van der Waals surface area contributed by atoms with E-state index in [4.69, 9.17) is 0 Å². The van der Waals surface area contributed by atoms with Gasteiger partial charge in [0, 0.05) is 19.6 Å². The van der Waals surface area contributed by atoms with E-state index in [1.807, 2.05) is 25.2 Å². The van der Waals surface area contributed by atoms with Crippen molar-refractivity contribution in [2.45, 2.75) is 19.5 Å². The zero-order chi connectivity index (χ0) is 20.2. The molecule has 0 aliphatic rings. The molecule has 2 aromatic carbocycles. The molecule has 28 heavy (non-hydrogen) atoms. The second-order valence-electron chi connectivity index (χ2n) is 6.59. The van der Waals surface area contributed by atoms with Gasteiger partial charge < -0.3 is 20.9 Å². The summed E-state index contributed by atoms with van der Waals surface area (Å²) >= 11 is 0. The number of benzene rings is 2. The van der Waals surface area contributed by atoms with Crippen molar-refractivity contribution in [3.8, 4) is 0 Å². The molecule has 0 unspecified atom stereocenters. The first kappa shape index (κ1) is 21.4. The SMILES string of the molecule is CN(CCCNC(=O)CNC(=O)NCc1ccc(F)cc1)Cc1ccccc1. The van der Waals surface area contributed by atoms with Crippen molar-refractivity contribution in [3.63, 3.8) is 0 Å². The summed E-state index contributed by atoms with van der Waals surface area (Å²) in [5, 5.41) is 7.91. The maximum atomic E-state index is 12.8. The van der Waals surface area contributed by atoms with Crippen LogP contribution in [0.15, 0.2) is 54.6 Å². The first-order valence-corrected chi connectivity index (χ1v) is 9.28. The van der Waals surface area contributed by atoms with Crippen molar-refractivity contribution in [2.75, 3.05) is 26.7 Å². The molecule has 0 fully saturated rings. The number of carbonyl (C=O) groups is 2. The molecule has 0 saturated heterocycles. The molecule has 7 heteroatoms. The Labute approximate surface area is 165 Å². The van der Waals surface area contributed by atoms with Crippen molar-refractivity contribution in [3.05, 3.63) is 71.5 Å². The Bertz CT molecular complexity index is 738. The van der Waals surface area contributed by atoms with Gasteiger partial charge in [0.1, 0.15) is 5.82 Å². The van der Waals surface area contributed by atoms with Gasteiger partial charge in [-0.2, -0.15) is 0 Å². The highest BCUT2D eigenvalue weighted by molar-refractivity contribution is 5.83. The van der Waals surface area contributed by atoms with Crippen LogP contribution in [-0.2, 0) is 17.9 Å². The summed E-state index contributed by atoms with van der Waals surface area (Å²) in [7, 11) is 2.04. The van der Waals surface area contributed by atoms with Gasteiger partial charge in [-0.15, -0.1) is 0 Å². The van der Waals surface area contributed by atoms with Crippen LogP contribution in [0.3, 0.4) is 0 Å². The zero-order valence-corrected chi connectivity index (χ0v) is 16.1. The fourth-order valence-electron chi connectivity index (χ4n) is 2.62. The van der Waals surface area contributed by atoms with Gasteiger partial charge in [-0.1, -0.05) is 42.5 Å². The molecule has 0 radical (unpaired) electrons. The minimum absolute atomic E-state index is 0.0882. The molecule has 3 N–H and O–H groups in total. The van der Waals surface area contributed by atoms with Gasteiger partial charge in [-0.3, -0.25) is 4.79 Å². The summed E-state index contributed by atoms with van der Waals surface area (Å²) < 4.78 is 12.8. The molecule has 0 spiro atoms.